The van der Waals surface area contributed by atoms with Gasteiger partial charge in [-0.3, -0.25) is 0 Å². The number of fused-ring (bicyclic) bond motifs is 1. The Kier molecular flexibility index (Phi) is 2.88. The standard InChI is InChI=1S/C14H16ClN3/c1-9-11(15)4-2-6-13(9)18-14-7-3-5-12(16)10(14)8-17-18/h2,4,6,8,12H,3,5,7,16H2,1H3. The van der Waals surface area contributed by atoms with E-state index in [4.69, 9.17) is 17.3 Å². The molecule has 1 aromatic carbocycles. The van der Waals surface area contributed by atoms with E-state index in [0.29, 0.717) is 0 Å². The van der Waals surface area contributed by atoms with Crippen molar-refractivity contribution in [2.24, 2.45) is 5.73 Å². The van der Waals surface area contributed by atoms with E-state index in [2.05, 4.69) is 11.2 Å². The Hall–Kier alpha value is -1.32. The second-order valence-electron chi connectivity index (χ2n) is 4.84. The molecule has 2 N–H and O–H groups in total. The van der Waals surface area contributed by atoms with Crippen LogP contribution in [0.2, 0.25) is 5.02 Å². The van der Waals surface area contributed by atoms with Crippen LogP contribution in [0.3, 0.4) is 0 Å². The fraction of sp³-hybridized carbons (Fsp3) is 0.357. The predicted molar refractivity (Wildman–Crippen MR) is 73.2 cm³/mol. The van der Waals surface area contributed by atoms with Gasteiger partial charge < -0.3 is 5.73 Å². The molecule has 2 aromatic rings. The number of nitrogens with zero attached hydrogens (tertiary/aromatic N) is 2. The van der Waals surface area contributed by atoms with E-state index in [1.165, 1.54) is 11.3 Å². The zero-order chi connectivity index (χ0) is 12.7. The number of rotatable bonds is 1. The van der Waals surface area contributed by atoms with Crippen molar-refractivity contribution in [3.63, 3.8) is 0 Å². The summed E-state index contributed by atoms with van der Waals surface area (Å²) in [6, 6.07) is 6.04. The summed E-state index contributed by atoms with van der Waals surface area (Å²) in [5.74, 6) is 0. The summed E-state index contributed by atoms with van der Waals surface area (Å²) >= 11 is 6.18. The second-order valence-corrected chi connectivity index (χ2v) is 5.25. The maximum Gasteiger partial charge on any atom is 0.0692 e. The third-order valence-electron chi connectivity index (χ3n) is 3.70. The van der Waals surface area contributed by atoms with Gasteiger partial charge in [0.05, 0.1) is 11.9 Å². The van der Waals surface area contributed by atoms with Gasteiger partial charge in [-0.2, -0.15) is 5.10 Å². The highest BCUT2D eigenvalue weighted by Crippen LogP contribution is 2.31. The van der Waals surface area contributed by atoms with Gasteiger partial charge in [0.1, 0.15) is 0 Å². The molecule has 0 spiro atoms. The third-order valence-corrected chi connectivity index (χ3v) is 4.11. The molecule has 18 heavy (non-hydrogen) atoms. The molecule has 1 aliphatic carbocycles. The molecule has 1 atom stereocenters. The van der Waals surface area contributed by atoms with E-state index < -0.39 is 0 Å². The molecule has 0 bridgehead atoms. The molecule has 0 aliphatic heterocycles. The van der Waals surface area contributed by atoms with E-state index >= 15 is 0 Å². The number of hydrogen-bond acceptors (Lipinski definition) is 2. The lowest BCUT2D eigenvalue weighted by Crippen LogP contribution is -2.18. The van der Waals surface area contributed by atoms with Crippen LogP contribution in [0, 0.1) is 6.92 Å². The molecule has 4 heteroatoms. The van der Waals surface area contributed by atoms with Crippen LogP contribution in [0.5, 0.6) is 0 Å². The van der Waals surface area contributed by atoms with Crippen LogP contribution >= 0.6 is 11.6 Å². The normalized spacial score (nSPS) is 18.7. The van der Waals surface area contributed by atoms with Gasteiger partial charge in [-0.1, -0.05) is 17.7 Å². The van der Waals surface area contributed by atoms with Crippen molar-refractivity contribution in [3.8, 4) is 5.69 Å². The predicted octanol–water partition coefficient (Wildman–Crippen LogP) is 3.17. The average Bonchev–Trinajstić information content (AvgIpc) is 2.78. The van der Waals surface area contributed by atoms with Crippen molar-refractivity contribution in [1.29, 1.82) is 0 Å². The monoisotopic (exact) mass is 261 g/mol. The molecule has 0 saturated heterocycles. The molecule has 1 heterocycles. The van der Waals surface area contributed by atoms with Gasteiger partial charge in [-0.15, -0.1) is 0 Å². The van der Waals surface area contributed by atoms with Gasteiger partial charge in [0.25, 0.3) is 0 Å². The summed E-state index contributed by atoms with van der Waals surface area (Å²) < 4.78 is 2.00. The van der Waals surface area contributed by atoms with Crippen molar-refractivity contribution in [1.82, 2.24) is 9.78 Å². The van der Waals surface area contributed by atoms with E-state index in [-0.39, 0.29) is 6.04 Å². The van der Waals surface area contributed by atoms with Crippen LogP contribution in [0.4, 0.5) is 0 Å². The molecule has 0 amide bonds. The second kappa shape index (κ2) is 4.41. The smallest absolute Gasteiger partial charge is 0.0692 e. The Bertz CT molecular complexity index is 589. The minimum atomic E-state index is 0.127. The van der Waals surface area contributed by atoms with Crippen molar-refractivity contribution < 1.29 is 0 Å². The third kappa shape index (κ3) is 1.74. The molecule has 0 saturated carbocycles. The van der Waals surface area contributed by atoms with Gasteiger partial charge in [-0.25, -0.2) is 4.68 Å². The first-order valence-electron chi connectivity index (χ1n) is 6.26. The SMILES string of the molecule is Cc1c(Cl)cccc1-n1ncc2c1CCCC2N. The topological polar surface area (TPSA) is 43.8 Å². The Morgan fingerprint density at radius 2 is 2.28 bits per heavy atom. The Labute approximate surface area is 112 Å². The van der Waals surface area contributed by atoms with Crippen molar-refractivity contribution in [2.75, 3.05) is 0 Å². The molecule has 1 aliphatic rings. The summed E-state index contributed by atoms with van der Waals surface area (Å²) in [7, 11) is 0. The molecule has 94 valence electrons. The Morgan fingerprint density at radius 1 is 1.44 bits per heavy atom. The molecular formula is C14H16ClN3. The zero-order valence-corrected chi connectivity index (χ0v) is 11.1. The lowest BCUT2D eigenvalue weighted by Gasteiger charge is -2.20. The zero-order valence-electron chi connectivity index (χ0n) is 10.4. The van der Waals surface area contributed by atoms with Gasteiger partial charge in [0.2, 0.25) is 0 Å². The Balaban J connectivity index is 2.16. The van der Waals surface area contributed by atoms with Gasteiger partial charge in [0.15, 0.2) is 0 Å². The fourth-order valence-electron chi connectivity index (χ4n) is 2.62. The van der Waals surface area contributed by atoms with Crippen LogP contribution in [0.1, 0.15) is 35.7 Å². The highest BCUT2D eigenvalue weighted by molar-refractivity contribution is 6.31. The number of benzene rings is 1. The van der Waals surface area contributed by atoms with Crippen LogP contribution < -0.4 is 5.73 Å². The van der Waals surface area contributed by atoms with Gasteiger partial charge in [0, 0.05) is 22.3 Å². The lowest BCUT2D eigenvalue weighted by molar-refractivity contribution is 0.558. The molecular weight excluding hydrogens is 246 g/mol. The molecule has 0 fully saturated rings. The number of hydrogen-bond donors (Lipinski definition) is 1. The highest BCUT2D eigenvalue weighted by Gasteiger charge is 2.22. The fourth-order valence-corrected chi connectivity index (χ4v) is 2.79. The van der Waals surface area contributed by atoms with Crippen LogP contribution in [-0.2, 0) is 6.42 Å². The van der Waals surface area contributed by atoms with Gasteiger partial charge in [-0.05, 0) is 43.9 Å². The molecule has 3 rings (SSSR count). The molecule has 1 aromatic heterocycles. The first kappa shape index (κ1) is 11.8. The van der Waals surface area contributed by atoms with Gasteiger partial charge >= 0.3 is 0 Å². The van der Waals surface area contributed by atoms with E-state index in [1.54, 1.807) is 0 Å². The maximum atomic E-state index is 6.18. The molecule has 1 unspecified atom stereocenters. The Morgan fingerprint density at radius 3 is 3.11 bits per heavy atom. The highest BCUT2D eigenvalue weighted by atomic mass is 35.5. The number of aromatic nitrogens is 2. The summed E-state index contributed by atoms with van der Waals surface area (Å²) in [5, 5.41) is 5.27. The van der Waals surface area contributed by atoms with Crippen LogP contribution in [0.15, 0.2) is 24.4 Å². The van der Waals surface area contributed by atoms with Crippen molar-refractivity contribution in [2.45, 2.75) is 32.2 Å². The lowest BCUT2D eigenvalue weighted by atomic mass is 9.93. The molecule has 0 radical (unpaired) electrons. The van der Waals surface area contributed by atoms with Crippen LogP contribution in [-0.4, -0.2) is 9.78 Å². The molecule has 3 nitrogen and oxygen atoms in total. The first-order chi connectivity index (χ1) is 8.68. The van der Waals surface area contributed by atoms with Crippen molar-refractivity contribution >= 4 is 11.6 Å². The minimum absolute atomic E-state index is 0.127. The summed E-state index contributed by atoms with van der Waals surface area (Å²) in [6.07, 6.45) is 5.11. The van der Waals surface area contributed by atoms with E-state index in [1.807, 2.05) is 29.9 Å². The summed E-state index contributed by atoms with van der Waals surface area (Å²) in [5.41, 5.74) is 10.7. The summed E-state index contributed by atoms with van der Waals surface area (Å²) in [6.45, 7) is 2.02. The van der Waals surface area contributed by atoms with Crippen molar-refractivity contribution in [3.05, 3.63) is 46.2 Å². The minimum Gasteiger partial charge on any atom is -0.324 e. The maximum absolute atomic E-state index is 6.18. The number of halogens is 1. The van der Waals surface area contributed by atoms with E-state index in [0.717, 1.165) is 35.5 Å². The largest absolute Gasteiger partial charge is 0.324 e. The average molecular weight is 262 g/mol. The van der Waals surface area contributed by atoms with Crippen LogP contribution in [0.25, 0.3) is 5.69 Å². The number of nitrogens with two attached hydrogens (primary N) is 1. The van der Waals surface area contributed by atoms with E-state index in [9.17, 15) is 0 Å². The summed E-state index contributed by atoms with van der Waals surface area (Å²) in [4.78, 5) is 0. The quantitative estimate of drug-likeness (QED) is 0.857. The first-order valence-corrected chi connectivity index (χ1v) is 6.64.